The predicted octanol–water partition coefficient (Wildman–Crippen LogP) is 1.16. The van der Waals surface area contributed by atoms with Gasteiger partial charge in [-0.25, -0.2) is 0 Å². The Labute approximate surface area is 75.2 Å². The molecule has 4 nitrogen and oxygen atoms in total. The first-order valence-electron chi connectivity index (χ1n) is 3.70. The zero-order chi connectivity index (χ0) is 9.84. The lowest BCUT2D eigenvalue weighted by Crippen LogP contribution is -2.06. The number of hydrogen-bond donors (Lipinski definition) is 2. The van der Waals surface area contributed by atoms with Crippen LogP contribution in [0.4, 0.5) is 5.69 Å². The van der Waals surface area contributed by atoms with Gasteiger partial charge < -0.3 is 10.4 Å². The molecule has 1 aromatic carbocycles. The first kappa shape index (κ1) is 9.25. The Morgan fingerprint density at radius 1 is 1.54 bits per heavy atom. The summed E-state index contributed by atoms with van der Waals surface area (Å²) in [6.45, 7) is 1.33. The largest absolute Gasteiger partial charge is 0.505 e. The Balaban J connectivity index is 3.07. The monoisotopic (exact) mass is 179 g/mol. The number of hydrogen-bond acceptors (Lipinski definition) is 3. The Hall–Kier alpha value is -1.84. The highest BCUT2D eigenvalue weighted by Crippen LogP contribution is 2.25. The van der Waals surface area contributed by atoms with Gasteiger partial charge in [-0.2, -0.15) is 0 Å². The molecule has 0 aliphatic heterocycles. The van der Waals surface area contributed by atoms with E-state index in [0.717, 1.165) is 0 Å². The summed E-state index contributed by atoms with van der Waals surface area (Å²) in [7, 11) is 0. The van der Waals surface area contributed by atoms with Gasteiger partial charge in [0.25, 0.3) is 0 Å². The van der Waals surface area contributed by atoms with Crippen LogP contribution in [0.1, 0.15) is 17.3 Å². The molecule has 1 rings (SSSR count). The molecule has 13 heavy (non-hydrogen) atoms. The average molecular weight is 179 g/mol. The molecule has 68 valence electrons. The quantitative estimate of drug-likeness (QED) is 0.529. The Bertz CT molecular complexity index is 347. The molecule has 4 heteroatoms. The fraction of sp³-hybridized carbons (Fsp3) is 0.111. The van der Waals surface area contributed by atoms with E-state index < -0.39 is 0 Å². The van der Waals surface area contributed by atoms with Gasteiger partial charge in [0.05, 0.1) is 11.3 Å². The van der Waals surface area contributed by atoms with Crippen molar-refractivity contribution in [3.05, 3.63) is 23.8 Å². The lowest BCUT2D eigenvalue weighted by atomic mass is 10.2. The Morgan fingerprint density at radius 2 is 2.23 bits per heavy atom. The molecule has 0 heterocycles. The molecule has 1 aromatic rings. The van der Waals surface area contributed by atoms with Crippen molar-refractivity contribution in [2.45, 2.75) is 6.92 Å². The maximum Gasteiger partial charge on any atom is 0.221 e. The lowest BCUT2D eigenvalue weighted by molar-refractivity contribution is -0.114. The number of benzene rings is 1. The van der Waals surface area contributed by atoms with Crippen molar-refractivity contribution in [1.82, 2.24) is 0 Å². The summed E-state index contributed by atoms with van der Waals surface area (Å²) in [6.07, 6.45) is 0.528. The first-order valence-corrected chi connectivity index (χ1v) is 3.70. The fourth-order valence-electron chi connectivity index (χ4n) is 0.947. The van der Waals surface area contributed by atoms with Gasteiger partial charge in [-0.3, -0.25) is 9.59 Å². The average Bonchev–Trinajstić information content (AvgIpc) is 2.08. The number of aromatic hydroxyl groups is 1. The molecule has 0 radical (unpaired) electrons. The van der Waals surface area contributed by atoms with E-state index >= 15 is 0 Å². The molecule has 2 N–H and O–H groups in total. The van der Waals surface area contributed by atoms with E-state index in [1.54, 1.807) is 6.07 Å². The maximum absolute atomic E-state index is 10.7. The van der Waals surface area contributed by atoms with E-state index in [-0.39, 0.29) is 22.9 Å². The minimum Gasteiger partial charge on any atom is -0.505 e. The third-order valence-corrected chi connectivity index (χ3v) is 1.50. The number of para-hydroxylation sites is 1. The van der Waals surface area contributed by atoms with Crippen LogP contribution in [-0.2, 0) is 4.79 Å². The first-order chi connectivity index (χ1) is 6.15. The molecule has 0 bridgehead atoms. The van der Waals surface area contributed by atoms with Crippen molar-refractivity contribution in [2.75, 3.05) is 5.32 Å². The molecular formula is C9H9NO3. The van der Waals surface area contributed by atoms with Crippen LogP contribution >= 0.6 is 0 Å². The number of carbonyl (C=O) groups excluding carboxylic acids is 2. The van der Waals surface area contributed by atoms with E-state index in [2.05, 4.69) is 5.32 Å². The number of aldehydes is 1. The Morgan fingerprint density at radius 3 is 2.77 bits per heavy atom. The number of amides is 1. The molecular weight excluding hydrogens is 170 g/mol. The molecule has 0 fully saturated rings. The van der Waals surface area contributed by atoms with Crippen LogP contribution in [0.25, 0.3) is 0 Å². The van der Waals surface area contributed by atoms with Crippen molar-refractivity contribution >= 4 is 17.9 Å². The second-order valence-corrected chi connectivity index (χ2v) is 2.54. The molecule has 0 aliphatic rings. The highest BCUT2D eigenvalue weighted by atomic mass is 16.3. The van der Waals surface area contributed by atoms with E-state index in [1.807, 2.05) is 0 Å². The van der Waals surface area contributed by atoms with Crippen LogP contribution in [0.3, 0.4) is 0 Å². The molecule has 0 spiro atoms. The number of carbonyl (C=O) groups is 2. The fourth-order valence-corrected chi connectivity index (χ4v) is 0.947. The summed E-state index contributed by atoms with van der Waals surface area (Å²) < 4.78 is 0. The minimum absolute atomic E-state index is 0.159. The highest BCUT2D eigenvalue weighted by Gasteiger charge is 2.06. The molecule has 0 saturated heterocycles. The number of nitrogens with one attached hydrogen (secondary N) is 1. The second kappa shape index (κ2) is 3.71. The molecule has 0 aromatic heterocycles. The van der Waals surface area contributed by atoms with E-state index in [0.29, 0.717) is 6.29 Å². The summed E-state index contributed by atoms with van der Waals surface area (Å²) in [5, 5.41) is 11.8. The van der Waals surface area contributed by atoms with Crippen molar-refractivity contribution in [3.8, 4) is 5.75 Å². The van der Waals surface area contributed by atoms with Crippen LogP contribution in [0.5, 0.6) is 5.75 Å². The van der Waals surface area contributed by atoms with Crippen molar-refractivity contribution in [2.24, 2.45) is 0 Å². The van der Waals surface area contributed by atoms with E-state index in [4.69, 9.17) is 0 Å². The molecule has 1 amide bonds. The topological polar surface area (TPSA) is 66.4 Å². The second-order valence-electron chi connectivity index (χ2n) is 2.54. The maximum atomic E-state index is 10.7. The zero-order valence-corrected chi connectivity index (χ0v) is 7.07. The van der Waals surface area contributed by atoms with Crippen molar-refractivity contribution in [1.29, 1.82) is 0 Å². The summed E-state index contributed by atoms with van der Waals surface area (Å²) in [5.74, 6) is -0.494. The number of phenolic OH excluding ortho intramolecular Hbond substituents is 1. The summed E-state index contributed by atoms with van der Waals surface area (Å²) in [6, 6.07) is 4.56. The number of phenols is 1. The summed E-state index contributed by atoms with van der Waals surface area (Å²) >= 11 is 0. The van der Waals surface area contributed by atoms with Gasteiger partial charge in [0, 0.05) is 6.92 Å². The van der Waals surface area contributed by atoms with Crippen LogP contribution in [0, 0.1) is 0 Å². The third-order valence-electron chi connectivity index (χ3n) is 1.50. The van der Waals surface area contributed by atoms with Crippen LogP contribution < -0.4 is 5.32 Å². The van der Waals surface area contributed by atoms with Gasteiger partial charge in [0.1, 0.15) is 5.75 Å². The van der Waals surface area contributed by atoms with E-state index in [1.165, 1.54) is 19.1 Å². The van der Waals surface area contributed by atoms with Crippen molar-refractivity contribution in [3.63, 3.8) is 0 Å². The van der Waals surface area contributed by atoms with Crippen LogP contribution in [0.2, 0.25) is 0 Å². The number of rotatable bonds is 2. The standard InChI is InChI=1S/C9H9NO3/c1-6(12)10-8-4-2-3-7(5-11)9(8)13/h2-5,13H,1H3,(H,10,12). The van der Waals surface area contributed by atoms with Crippen LogP contribution in [0.15, 0.2) is 18.2 Å². The number of anilines is 1. The summed E-state index contributed by atoms with van der Waals surface area (Å²) in [5.41, 5.74) is 0.406. The molecule has 0 saturated carbocycles. The molecule has 0 atom stereocenters. The molecule has 0 unspecified atom stereocenters. The summed E-state index contributed by atoms with van der Waals surface area (Å²) in [4.78, 5) is 21.0. The van der Waals surface area contributed by atoms with Crippen molar-refractivity contribution < 1.29 is 14.7 Å². The van der Waals surface area contributed by atoms with Gasteiger partial charge in [-0.05, 0) is 12.1 Å². The Kier molecular flexibility index (Phi) is 2.64. The van der Waals surface area contributed by atoms with Crippen LogP contribution in [-0.4, -0.2) is 17.3 Å². The van der Waals surface area contributed by atoms with E-state index in [9.17, 15) is 14.7 Å². The molecule has 0 aliphatic carbocycles. The SMILES string of the molecule is CC(=O)Nc1cccc(C=O)c1O. The zero-order valence-electron chi connectivity index (χ0n) is 7.07. The van der Waals surface area contributed by atoms with Gasteiger partial charge in [0.15, 0.2) is 6.29 Å². The third kappa shape index (κ3) is 2.05. The lowest BCUT2D eigenvalue weighted by Gasteiger charge is -2.05. The normalized spacial score (nSPS) is 9.31. The van der Waals surface area contributed by atoms with Gasteiger partial charge in [0.2, 0.25) is 5.91 Å². The predicted molar refractivity (Wildman–Crippen MR) is 47.8 cm³/mol. The minimum atomic E-state index is -0.293. The van der Waals surface area contributed by atoms with Gasteiger partial charge in [-0.15, -0.1) is 0 Å². The highest BCUT2D eigenvalue weighted by molar-refractivity contribution is 5.93. The van der Waals surface area contributed by atoms with Gasteiger partial charge in [-0.1, -0.05) is 6.07 Å². The smallest absolute Gasteiger partial charge is 0.221 e. The van der Waals surface area contributed by atoms with Gasteiger partial charge >= 0.3 is 0 Å².